The van der Waals surface area contributed by atoms with Crippen molar-refractivity contribution in [1.82, 2.24) is 14.6 Å². The van der Waals surface area contributed by atoms with E-state index in [1.165, 1.54) is 12.1 Å². The highest BCUT2D eigenvalue weighted by atomic mass is 35.5. The molecule has 1 aromatic carbocycles. The van der Waals surface area contributed by atoms with Gasteiger partial charge in [0.05, 0.1) is 5.02 Å². The number of benzene rings is 1. The molecular weight excluding hydrogens is 322 g/mol. The van der Waals surface area contributed by atoms with E-state index in [1.807, 2.05) is 0 Å². The van der Waals surface area contributed by atoms with E-state index >= 15 is 0 Å². The summed E-state index contributed by atoms with van der Waals surface area (Å²) in [6, 6.07) is 2.61. The van der Waals surface area contributed by atoms with Crippen LogP contribution in [0.15, 0.2) is 21.7 Å². The minimum absolute atomic E-state index is 0.0195. The molecule has 0 saturated carbocycles. The van der Waals surface area contributed by atoms with Crippen LogP contribution in [0.25, 0.3) is 11.0 Å². The molecule has 10 heteroatoms. The largest absolute Gasteiger partial charge is 0.480 e. The normalized spacial score (nSPS) is 12.1. The summed E-state index contributed by atoms with van der Waals surface area (Å²) in [7, 11) is -4.04. The number of sulfonamides is 1. The summed E-state index contributed by atoms with van der Waals surface area (Å²) in [5, 5.41) is 16.1. The van der Waals surface area contributed by atoms with Gasteiger partial charge in [-0.3, -0.25) is 4.79 Å². The average Bonchev–Trinajstić information content (AvgIpc) is 2.87. The molecular formula is C11H12ClN3O5S. The Morgan fingerprint density at radius 2 is 2.05 bits per heavy atom. The lowest BCUT2D eigenvalue weighted by Crippen LogP contribution is -2.36. The number of carboxylic acids is 1. The molecule has 114 valence electrons. The monoisotopic (exact) mass is 333 g/mol. The molecule has 1 aromatic heterocycles. The Kier molecular flexibility index (Phi) is 4.45. The minimum Gasteiger partial charge on any atom is -0.480 e. The van der Waals surface area contributed by atoms with Crippen LogP contribution in [0.1, 0.15) is 13.3 Å². The van der Waals surface area contributed by atoms with Gasteiger partial charge < -0.3 is 5.11 Å². The number of hydrogen-bond acceptors (Lipinski definition) is 6. The van der Waals surface area contributed by atoms with Gasteiger partial charge >= 0.3 is 5.97 Å². The molecule has 1 heterocycles. The Morgan fingerprint density at radius 3 is 2.67 bits per heavy atom. The van der Waals surface area contributed by atoms with E-state index in [2.05, 4.69) is 14.9 Å². The smallest absolute Gasteiger partial charge is 0.318 e. The van der Waals surface area contributed by atoms with Crippen LogP contribution in [-0.2, 0) is 14.8 Å². The number of hydrogen-bond donors (Lipinski definition) is 1. The first-order valence-electron chi connectivity index (χ1n) is 6.00. The van der Waals surface area contributed by atoms with Crippen LogP contribution < -0.4 is 0 Å². The Hall–Kier alpha value is -1.71. The first kappa shape index (κ1) is 15.7. The predicted octanol–water partition coefficient (Wildman–Crippen LogP) is 1.36. The maximum atomic E-state index is 12.6. The van der Waals surface area contributed by atoms with E-state index in [0.29, 0.717) is 6.42 Å². The lowest BCUT2D eigenvalue weighted by Gasteiger charge is -2.19. The molecule has 0 spiro atoms. The molecule has 1 N–H and O–H groups in total. The van der Waals surface area contributed by atoms with Crippen LogP contribution in [0.5, 0.6) is 0 Å². The fraction of sp³-hybridized carbons (Fsp3) is 0.364. The van der Waals surface area contributed by atoms with Gasteiger partial charge in [0, 0.05) is 6.54 Å². The van der Waals surface area contributed by atoms with Crippen LogP contribution >= 0.6 is 11.6 Å². The summed E-state index contributed by atoms with van der Waals surface area (Å²) in [5.41, 5.74) is 0.0958. The number of carbonyl (C=O) groups is 1. The topological polar surface area (TPSA) is 114 Å². The Bertz CT molecular complexity index is 773. The van der Waals surface area contributed by atoms with Gasteiger partial charge in [-0.1, -0.05) is 18.5 Å². The highest BCUT2D eigenvalue weighted by molar-refractivity contribution is 7.89. The van der Waals surface area contributed by atoms with Crippen molar-refractivity contribution < 1.29 is 22.9 Å². The number of rotatable bonds is 6. The van der Waals surface area contributed by atoms with Crippen LogP contribution in [0.3, 0.4) is 0 Å². The van der Waals surface area contributed by atoms with E-state index in [0.717, 1.165) is 4.31 Å². The summed E-state index contributed by atoms with van der Waals surface area (Å²) in [5.74, 6) is -1.24. The van der Waals surface area contributed by atoms with Gasteiger partial charge in [0.15, 0.2) is 11.0 Å². The second-order valence-electron chi connectivity index (χ2n) is 4.24. The van der Waals surface area contributed by atoms with Crippen molar-refractivity contribution in [3.63, 3.8) is 0 Å². The Balaban J connectivity index is 2.56. The Labute approximate surface area is 125 Å². The summed E-state index contributed by atoms with van der Waals surface area (Å²) < 4.78 is 30.6. The third kappa shape index (κ3) is 2.99. The Morgan fingerprint density at radius 1 is 1.38 bits per heavy atom. The van der Waals surface area contributed by atoms with Crippen molar-refractivity contribution in [3.05, 3.63) is 17.2 Å². The SMILES string of the molecule is CCCN(CC(=O)O)S(=O)(=O)c1ccc(Cl)c2nonc12. The van der Waals surface area contributed by atoms with E-state index in [1.54, 1.807) is 6.92 Å². The molecule has 0 aliphatic rings. The average molecular weight is 334 g/mol. The third-order valence-electron chi connectivity index (χ3n) is 2.73. The van der Waals surface area contributed by atoms with Gasteiger partial charge in [-0.05, 0) is 28.9 Å². The second kappa shape index (κ2) is 5.96. The molecule has 0 amide bonds. The predicted molar refractivity (Wildman–Crippen MR) is 73.5 cm³/mol. The maximum absolute atomic E-state index is 12.6. The van der Waals surface area contributed by atoms with Crippen LogP contribution in [0, 0.1) is 0 Å². The third-order valence-corrected chi connectivity index (χ3v) is 4.91. The van der Waals surface area contributed by atoms with Crippen LogP contribution in [0.4, 0.5) is 0 Å². The van der Waals surface area contributed by atoms with Crippen molar-refractivity contribution in [2.75, 3.05) is 13.1 Å². The molecule has 2 rings (SSSR count). The number of nitrogens with zero attached hydrogens (tertiary/aromatic N) is 3. The minimum atomic E-state index is -4.04. The van der Waals surface area contributed by atoms with Gasteiger partial charge in [0.2, 0.25) is 10.0 Å². The van der Waals surface area contributed by atoms with Crippen molar-refractivity contribution in [2.24, 2.45) is 0 Å². The lowest BCUT2D eigenvalue weighted by molar-refractivity contribution is -0.137. The summed E-state index contributed by atoms with van der Waals surface area (Å²) >= 11 is 5.88. The first-order valence-corrected chi connectivity index (χ1v) is 7.82. The molecule has 0 saturated heterocycles. The van der Waals surface area contributed by atoms with E-state index in [4.69, 9.17) is 16.7 Å². The molecule has 0 radical (unpaired) electrons. The zero-order valence-electron chi connectivity index (χ0n) is 11.0. The highest BCUT2D eigenvalue weighted by Gasteiger charge is 2.29. The van der Waals surface area contributed by atoms with E-state index < -0.39 is 22.5 Å². The fourth-order valence-electron chi connectivity index (χ4n) is 1.85. The second-order valence-corrected chi connectivity index (χ2v) is 6.55. The number of halogens is 1. The van der Waals surface area contributed by atoms with Gasteiger partial charge in [0.25, 0.3) is 0 Å². The molecule has 0 aliphatic carbocycles. The molecule has 0 aliphatic heterocycles. The van der Waals surface area contributed by atoms with E-state index in [9.17, 15) is 13.2 Å². The molecule has 8 nitrogen and oxygen atoms in total. The van der Waals surface area contributed by atoms with Crippen LogP contribution in [0.2, 0.25) is 5.02 Å². The standard InChI is InChI=1S/C11H12ClN3O5S/c1-2-5-15(6-9(16)17)21(18,19)8-4-3-7(12)10-11(8)14-20-13-10/h3-4H,2,5-6H2,1H3,(H,16,17). The molecule has 21 heavy (non-hydrogen) atoms. The van der Waals surface area contributed by atoms with Crippen molar-refractivity contribution in [1.29, 1.82) is 0 Å². The van der Waals surface area contributed by atoms with Crippen molar-refractivity contribution in [3.8, 4) is 0 Å². The van der Waals surface area contributed by atoms with Gasteiger partial charge in [-0.15, -0.1) is 0 Å². The maximum Gasteiger partial charge on any atom is 0.318 e. The summed E-state index contributed by atoms with van der Waals surface area (Å²) in [4.78, 5) is 10.7. The number of aromatic nitrogens is 2. The molecule has 0 unspecified atom stereocenters. The zero-order valence-corrected chi connectivity index (χ0v) is 12.6. The molecule has 0 fully saturated rings. The zero-order chi connectivity index (χ0) is 15.6. The number of carboxylic acid groups (broad SMARTS) is 1. The van der Waals surface area contributed by atoms with Gasteiger partial charge in [-0.25, -0.2) is 13.0 Å². The highest BCUT2D eigenvalue weighted by Crippen LogP contribution is 2.28. The molecule has 2 aromatic rings. The molecule has 0 bridgehead atoms. The number of fused-ring (bicyclic) bond motifs is 1. The fourth-order valence-corrected chi connectivity index (χ4v) is 3.63. The summed E-state index contributed by atoms with van der Waals surface area (Å²) in [6.45, 7) is 1.19. The van der Waals surface area contributed by atoms with Gasteiger partial charge in [0.1, 0.15) is 11.4 Å². The van der Waals surface area contributed by atoms with Gasteiger partial charge in [-0.2, -0.15) is 4.31 Å². The van der Waals surface area contributed by atoms with Crippen LogP contribution in [-0.4, -0.2) is 47.2 Å². The van der Waals surface area contributed by atoms with Crippen molar-refractivity contribution in [2.45, 2.75) is 18.2 Å². The summed E-state index contributed by atoms with van der Waals surface area (Å²) in [6.07, 6.45) is 0.473. The van der Waals surface area contributed by atoms with E-state index in [-0.39, 0.29) is 27.5 Å². The van der Waals surface area contributed by atoms with Crippen molar-refractivity contribution >= 4 is 38.6 Å². The number of aliphatic carboxylic acids is 1. The lowest BCUT2D eigenvalue weighted by atomic mass is 10.3. The molecule has 0 atom stereocenters. The quantitative estimate of drug-likeness (QED) is 0.848. The first-order chi connectivity index (χ1) is 9.87.